The van der Waals surface area contributed by atoms with Crippen LogP contribution < -0.4 is 0 Å². The summed E-state index contributed by atoms with van der Waals surface area (Å²) in [6.07, 6.45) is 4.34. The van der Waals surface area contributed by atoms with Crippen molar-refractivity contribution in [2.75, 3.05) is 6.61 Å². The molecule has 0 saturated heterocycles. The first-order valence-corrected chi connectivity index (χ1v) is 3.29. The largest absolute Gasteiger partial charge is 0.392 e. The average Bonchev–Trinajstić information content (AvgIpc) is 1.89. The van der Waals surface area contributed by atoms with Crippen LogP contribution in [0, 0.1) is 0 Å². The van der Waals surface area contributed by atoms with Gasteiger partial charge in [-0.3, -0.25) is 0 Å². The van der Waals surface area contributed by atoms with Gasteiger partial charge in [-0.05, 0) is 24.5 Å². The molecule has 0 aromatic heterocycles. The Morgan fingerprint density at radius 1 is 1.60 bits per heavy atom. The zero-order valence-electron chi connectivity index (χ0n) is 6.43. The molecule has 0 aliphatic carbocycles. The van der Waals surface area contributed by atoms with Gasteiger partial charge >= 0.3 is 0 Å². The molecule has 0 aliphatic rings. The molecule has 0 fully saturated rings. The number of hydrogen-bond acceptors (Lipinski definition) is 1. The van der Waals surface area contributed by atoms with E-state index in [4.69, 9.17) is 5.11 Å². The second-order valence-electron chi connectivity index (χ2n) is 2.17. The van der Waals surface area contributed by atoms with E-state index in [-0.39, 0.29) is 6.61 Å². The van der Waals surface area contributed by atoms with Crippen molar-refractivity contribution in [1.29, 1.82) is 0 Å². The lowest BCUT2D eigenvalue weighted by Gasteiger charge is -2.00. The molecular weight excluding hydrogens is 124 g/mol. The molecule has 0 radical (unpaired) electrons. The number of rotatable bonds is 4. The average molecular weight is 138 g/mol. The van der Waals surface area contributed by atoms with Gasteiger partial charge in [-0.2, -0.15) is 0 Å². The van der Waals surface area contributed by atoms with E-state index < -0.39 is 0 Å². The predicted molar refractivity (Wildman–Crippen MR) is 44.8 cm³/mol. The molecule has 0 saturated carbocycles. The highest BCUT2D eigenvalue weighted by atomic mass is 16.2. The maximum atomic E-state index is 8.51. The molecule has 0 aliphatic heterocycles. The van der Waals surface area contributed by atoms with Crippen LogP contribution in [0.15, 0.2) is 36.5 Å². The van der Waals surface area contributed by atoms with Crippen LogP contribution in [-0.4, -0.2) is 11.7 Å². The highest BCUT2D eigenvalue weighted by Gasteiger charge is 1.91. The van der Waals surface area contributed by atoms with Gasteiger partial charge in [0, 0.05) is 0 Å². The molecule has 1 N–H and O–H groups in total. The minimum atomic E-state index is 0.0853. The summed E-state index contributed by atoms with van der Waals surface area (Å²) in [5.74, 6) is 0. The second-order valence-corrected chi connectivity index (χ2v) is 2.17. The summed E-state index contributed by atoms with van der Waals surface area (Å²) < 4.78 is 0. The van der Waals surface area contributed by atoms with Gasteiger partial charge in [0.1, 0.15) is 0 Å². The van der Waals surface area contributed by atoms with Crippen molar-refractivity contribution < 1.29 is 5.11 Å². The minimum Gasteiger partial charge on any atom is -0.392 e. The molecule has 0 heterocycles. The quantitative estimate of drug-likeness (QED) is 0.465. The fraction of sp³-hybridized carbons (Fsp3) is 0.333. The molecule has 1 heteroatoms. The van der Waals surface area contributed by atoms with Gasteiger partial charge in [0.25, 0.3) is 0 Å². The molecule has 0 atom stereocenters. The van der Waals surface area contributed by atoms with Crippen molar-refractivity contribution in [2.45, 2.75) is 13.3 Å². The summed E-state index contributed by atoms with van der Waals surface area (Å²) in [6, 6.07) is 0. The molecule has 0 rings (SSSR count). The molecule has 10 heavy (non-hydrogen) atoms. The Kier molecular flexibility index (Phi) is 4.59. The lowest BCUT2D eigenvalue weighted by Crippen LogP contribution is -1.83. The second kappa shape index (κ2) is 5.00. The van der Waals surface area contributed by atoms with E-state index >= 15 is 0 Å². The standard InChI is InChI=1S/C9H14O/c1-4-5-8(2)9(3)6-7-10/h4,6,10H,1-2,5,7H2,3H3. The van der Waals surface area contributed by atoms with Gasteiger partial charge in [-0.15, -0.1) is 6.58 Å². The third kappa shape index (κ3) is 3.25. The Morgan fingerprint density at radius 3 is 2.60 bits per heavy atom. The Labute approximate surface area is 62.4 Å². The van der Waals surface area contributed by atoms with E-state index in [9.17, 15) is 0 Å². The van der Waals surface area contributed by atoms with Crippen molar-refractivity contribution in [2.24, 2.45) is 0 Å². The summed E-state index contributed by atoms with van der Waals surface area (Å²) in [7, 11) is 0. The maximum Gasteiger partial charge on any atom is 0.0618 e. The van der Waals surface area contributed by atoms with Crippen molar-refractivity contribution >= 4 is 0 Å². The van der Waals surface area contributed by atoms with Gasteiger partial charge in [0.15, 0.2) is 0 Å². The van der Waals surface area contributed by atoms with Gasteiger partial charge in [-0.1, -0.05) is 18.7 Å². The van der Waals surface area contributed by atoms with E-state index in [1.54, 1.807) is 12.2 Å². The third-order valence-electron chi connectivity index (χ3n) is 1.35. The fourth-order valence-corrected chi connectivity index (χ4v) is 0.616. The molecular formula is C9H14O. The van der Waals surface area contributed by atoms with Gasteiger partial charge < -0.3 is 5.11 Å². The molecule has 0 bridgehead atoms. The van der Waals surface area contributed by atoms with Crippen LogP contribution in [0.4, 0.5) is 0 Å². The summed E-state index contributed by atoms with van der Waals surface area (Å²) in [6.45, 7) is 9.42. The third-order valence-corrected chi connectivity index (χ3v) is 1.35. The van der Waals surface area contributed by atoms with E-state index in [1.807, 2.05) is 6.92 Å². The molecule has 0 aromatic carbocycles. The van der Waals surface area contributed by atoms with Gasteiger partial charge in [-0.25, -0.2) is 0 Å². The fourth-order valence-electron chi connectivity index (χ4n) is 0.616. The normalized spacial score (nSPS) is 11.2. The summed E-state index contributed by atoms with van der Waals surface area (Å²) in [4.78, 5) is 0. The van der Waals surface area contributed by atoms with Crippen LogP contribution in [0.1, 0.15) is 13.3 Å². The van der Waals surface area contributed by atoms with Crippen molar-refractivity contribution in [1.82, 2.24) is 0 Å². The van der Waals surface area contributed by atoms with Crippen LogP contribution >= 0.6 is 0 Å². The van der Waals surface area contributed by atoms with Crippen LogP contribution in [0.2, 0.25) is 0 Å². The van der Waals surface area contributed by atoms with Crippen LogP contribution in [0.5, 0.6) is 0 Å². The van der Waals surface area contributed by atoms with E-state index in [1.165, 1.54) is 0 Å². The predicted octanol–water partition coefficient (Wildman–Crippen LogP) is 2.06. The first kappa shape index (κ1) is 9.18. The lowest BCUT2D eigenvalue weighted by molar-refractivity contribution is 0.342. The SMILES string of the molecule is C=CCC(=C)C(C)=CCO. The molecule has 0 unspecified atom stereocenters. The molecule has 0 spiro atoms. The van der Waals surface area contributed by atoms with E-state index in [0.29, 0.717) is 0 Å². The lowest BCUT2D eigenvalue weighted by atomic mass is 10.1. The van der Waals surface area contributed by atoms with Crippen LogP contribution in [0.25, 0.3) is 0 Å². The molecule has 56 valence electrons. The van der Waals surface area contributed by atoms with Gasteiger partial charge in [0.2, 0.25) is 0 Å². The summed E-state index contributed by atoms with van der Waals surface area (Å²) in [5, 5.41) is 8.51. The monoisotopic (exact) mass is 138 g/mol. The Morgan fingerprint density at radius 2 is 2.20 bits per heavy atom. The Hall–Kier alpha value is -0.820. The zero-order chi connectivity index (χ0) is 7.98. The van der Waals surface area contributed by atoms with Crippen LogP contribution in [0.3, 0.4) is 0 Å². The van der Waals surface area contributed by atoms with Crippen molar-refractivity contribution in [3.8, 4) is 0 Å². The van der Waals surface area contributed by atoms with E-state index in [2.05, 4.69) is 13.2 Å². The summed E-state index contributed by atoms with van der Waals surface area (Å²) in [5.41, 5.74) is 2.06. The molecule has 0 aromatic rings. The Balaban J connectivity index is 3.93. The molecule has 1 nitrogen and oxygen atoms in total. The highest BCUT2D eigenvalue weighted by molar-refractivity contribution is 5.27. The van der Waals surface area contributed by atoms with Crippen molar-refractivity contribution in [3.63, 3.8) is 0 Å². The zero-order valence-corrected chi connectivity index (χ0v) is 6.43. The smallest absolute Gasteiger partial charge is 0.0618 e. The first-order chi connectivity index (χ1) is 4.72. The minimum absolute atomic E-state index is 0.0853. The molecule has 0 amide bonds. The van der Waals surface area contributed by atoms with Crippen molar-refractivity contribution in [3.05, 3.63) is 36.5 Å². The number of aliphatic hydroxyl groups excluding tert-OH is 1. The van der Waals surface area contributed by atoms with Crippen LogP contribution in [-0.2, 0) is 0 Å². The Bertz CT molecular complexity index is 154. The number of allylic oxidation sites excluding steroid dienone is 3. The maximum absolute atomic E-state index is 8.51. The first-order valence-electron chi connectivity index (χ1n) is 3.29. The summed E-state index contributed by atoms with van der Waals surface area (Å²) >= 11 is 0. The highest BCUT2D eigenvalue weighted by Crippen LogP contribution is 2.10. The number of aliphatic hydroxyl groups is 1. The van der Waals surface area contributed by atoms with E-state index in [0.717, 1.165) is 17.6 Å². The topological polar surface area (TPSA) is 20.2 Å². The van der Waals surface area contributed by atoms with Gasteiger partial charge in [0.05, 0.1) is 6.61 Å². The number of hydrogen-bond donors (Lipinski definition) is 1.